The minimum absolute atomic E-state index is 0.0324. The Labute approximate surface area is 102 Å². The van der Waals surface area contributed by atoms with Crippen LogP contribution in [0.2, 0.25) is 0 Å². The molecule has 3 heterocycles. The van der Waals surface area contributed by atoms with E-state index in [1.165, 1.54) is 0 Å². The molecule has 8 heteroatoms. The van der Waals surface area contributed by atoms with Gasteiger partial charge in [-0.05, 0) is 22.8 Å². The maximum Gasteiger partial charge on any atom is 0.280 e. The number of aromatic amines is 1. The molecule has 1 amide bonds. The molecular formula is C10H12N6O2. The first-order chi connectivity index (χ1) is 8.75. The number of hydrogen-bond donors (Lipinski definition) is 2. The number of nitrogen functional groups attached to an aromatic ring is 1. The third-order valence-corrected chi connectivity index (χ3v) is 3.15. The molecule has 3 N–H and O–H groups in total. The Balaban J connectivity index is 1.73. The van der Waals surface area contributed by atoms with Crippen LogP contribution < -0.4 is 5.73 Å². The van der Waals surface area contributed by atoms with Gasteiger partial charge in [-0.2, -0.15) is 5.10 Å². The van der Waals surface area contributed by atoms with Gasteiger partial charge in [0.1, 0.15) is 0 Å². The van der Waals surface area contributed by atoms with Crippen molar-refractivity contribution in [3.8, 4) is 0 Å². The van der Waals surface area contributed by atoms with Gasteiger partial charge in [0.2, 0.25) is 11.5 Å². The summed E-state index contributed by atoms with van der Waals surface area (Å²) in [5.41, 5.74) is 6.63. The Morgan fingerprint density at radius 2 is 2.44 bits per heavy atom. The van der Waals surface area contributed by atoms with E-state index >= 15 is 0 Å². The van der Waals surface area contributed by atoms with Gasteiger partial charge in [0.25, 0.3) is 5.91 Å². The van der Waals surface area contributed by atoms with Gasteiger partial charge in [0, 0.05) is 30.9 Å². The summed E-state index contributed by atoms with van der Waals surface area (Å²) in [6.07, 6.45) is 2.60. The molecule has 0 spiro atoms. The second kappa shape index (κ2) is 4.13. The van der Waals surface area contributed by atoms with Crippen LogP contribution >= 0.6 is 0 Å². The Morgan fingerprint density at radius 3 is 3.11 bits per heavy atom. The molecule has 0 unspecified atom stereocenters. The lowest BCUT2D eigenvalue weighted by atomic mass is 10.1. The zero-order valence-electron chi connectivity index (χ0n) is 9.54. The van der Waals surface area contributed by atoms with E-state index in [1.807, 2.05) is 6.07 Å². The molecule has 2 aromatic rings. The van der Waals surface area contributed by atoms with Gasteiger partial charge in [-0.1, -0.05) is 0 Å². The summed E-state index contributed by atoms with van der Waals surface area (Å²) in [6.45, 7) is 1.28. The van der Waals surface area contributed by atoms with Gasteiger partial charge >= 0.3 is 0 Å². The van der Waals surface area contributed by atoms with E-state index < -0.39 is 0 Å². The molecule has 3 rings (SSSR count). The molecule has 0 bridgehead atoms. The Bertz CT molecular complexity index is 548. The molecule has 2 aromatic heterocycles. The van der Waals surface area contributed by atoms with Crippen molar-refractivity contribution in [2.45, 2.75) is 12.3 Å². The van der Waals surface area contributed by atoms with E-state index in [-0.39, 0.29) is 23.3 Å². The monoisotopic (exact) mass is 248 g/mol. The van der Waals surface area contributed by atoms with Crippen LogP contribution in [0.4, 0.5) is 5.82 Å². The smallest absolute Gasteiger partial charge is 0.280 e. The van der Waals surface area contributed by atoms with Gasteiger partial charge in [-0.25, -0.2) is 4.63 Å². The summed E-state index contributed by atoms with van der Waals surface area (Å²) >= 11 is 0. The molecule has 0 aliphatic carbocycles. The fourth-order valence-corrected chi connectivity index (χ4v) is 2.19. The highest BCUT2D eigenvalue weighted by molar-refractivity contribution is 5.96. The van der Waals surface area contributed by atoms with Crippen molar-refractivity contribution in [2.24, 2.45) is 0 Å². The van der Waals surface area contributed by atoms with E-state index in [4.69, 9.17) is 5.73 Å². The van der Waals surface area contributed by atoms with Crippen LogP contribution in [0.15, 0.2) is 16.9 Å². The first-order valence-corrected chi connectivity index (χ1v) is 5.62. The minimum Gasteiger partial charge on any atom is -0.379 e. The van der Waals surface area contributed by atoms with Crippen molar-refractivity contribution < 1.29 is 9.42 Å². The highest BCUT2D eigenvalue weighted by Crippen LogP contribution is 2.26. The maximum atomic E-state index is 12.1. The highest BCUT2D eigenvalue weighted by atomic mass is 16.6. The van der Waals surface area contributed by atoms with Gasteiger partial charge in [0.05, 0.1) is 0 Å². The second-order valence-corrected chi connectivity index (χ2v) is 4.25. The summed E-state index contributed by atoms with van der Waals surface area (Å²) in [7, 11) is 0. The Hall–Kier alpha value is -2.38. The van der Waals surface area contributed by atoms with Crippen LogP contribution in [0, 0.1) is 0 Å². The number of aromatic nitrogens is 4. The number of carbonyl (C=O) groups excluding carboxylic acids is 1. The van der Waals surface area contributed by atoms with Crippen molar-refractivity contribution in [2.75, 3.05) is 18.8 Å². The second-order valence-electron chi connectivity index (χ2n) is 4.25. The number of nitrogens with zero attached hydrogens (tertiary/aromatic N) is 4. The molecule has 1 aliphatic heterocycles. The normalized spacial score (nSPS) is 19.3. The van der Waals surface area contributed by atoms with Crippen molar-refractivity contribution in [3.05, 3.63) is 23.7 Å². The van der Waals surface area contributed by atoms with Crippen molar-refractivity contribution in [3.63, 3.8) is 0 Å². The molecule has 18 heavy (non-hydrogen) atoms. The van der Waals surface area contributed by atoms with E-state index in [2.05, 4.69) is 25.1 Å². The first kappa shape index (κ1) is 10.8. The summed E-state index contributed by atoms with van der Waals surface area (Å²) in [5, 5.41) is 13.8. The number of H-pyrrole nitrogens is 1. The molecular weight excluding hydrogens is 236 g/mol. The lowest BCUT2D eigenvalue weighted by molar-refractivity contribution is 0.0780. The number of hydrogen-bond acceptors (Lipinski definition) is 6. The average molecular weight is 248 g/mol. The Kier molecular flexibility index (Phi) is 2.47. The molecule has 0 aromatic carbocycles. The molecule has 1 saturated heterocycles. The third-order valence-electron chi connectivity index (χ3n) is 3.15. The van der Waals surface area contributed by atoms with Crippen LogP contribution in [0.5, 0.6) is 0 Å². The van der Waals surface area contributed by atoms with E-state index in [0.29, 0.717) is 13.1 Å². The van der Waals surface area contributed by atoms with E-state index in [9.17, 15) is 4.79 Å². The van der Waals surface area contributed by atoms with Crippen molar-refractivity contribution >= 4 is 11.7 Å². The predicted molar refractivity (Wildman–Crippen MR) is 60.6 cm³/mol. The number of nitrogens with one attached hydrogen (secondary N) is 1. The maximum absolute atomic E-state index is 12.1. The molecule has 8 nitrogen and oxygen atoms in total. The summed E-state index contributed by atoms with van der Waals surface area (Å²) in [5.74, 6) is 0.0679. The predicted octanol–water partition coefficient (Wildman–Crippen LogP) is 0.00460. The largest absolute Gasteiger partial charge is 0.379 e. The third kappa shape index (κ3) is 1.71. The molecule has 1 atom stereocenters. The standard InChI is InChI=1S/C10H12N6O2/c11-9-8(14-18-15-9)10(17)16-4-2-6(5-16)7-1-3-12-13-7/h1,3,6H,2,4-5H2,(H2,11,15)(H,12,13)/t6-/m1/s1. The van der Waals surface area contributed by atoms with Crippen LogP contribution in [-0.4, -0.2) is 44.4 Å². The molecule has 1 aliphatic rings. The van der Waals surface area contributed by atoms with Gasteiger partial charge < -0.3 is 10.6 Å². The summed E-state index contributed by atoms with van der Waals surface area (Å²) in [6, 6.07) is 1.92. The number of carbonyl (C=O) groups is 1. The minimum atomic E-state index is -0.240. The Morgan fingerprint density at radius 1 is 1.56 bits per heavy atom. The molecule has 1 fully saturated rings. The fourth-order valence-electron chi connectivity index (χ4n) is 2.19. The lowest BCUT2D eigenvalue weighted by Gasteiger charge is -2.14. The number of amides is 1. The average Bonchev–Trinajstić information content (AvgIpc) is 3.09. The van der Waals surface area contributed by atoms with Crippen LogP contribution in [0.1, 0.15) is 28.5 Å². The number of likely N-dealkylation sites (tertiary alicyclic amines) is 1. The van der Waals surface area contributed by atoms with Crippen LogP contribution in [0.25, 0.3) is 0 Å². The van der Waals surface area contributed by atoms with Gasteiger partial charge in [0.15, 0.2) is 0 Å². The quantitative estimate of drug-likeness (QED) is 0.773. The van der Waals surface area contributed by atoms with Crippen LogP contribution in [-0.2, 0) is 0 Å². The van der Waals surface area contributed by atoms with Gasteiger partial charge in [-0.15, -0.1) is 0 Å². The molecule has 0 radical (unpaired) electrons. The fraction of sp³-hybridized carbons (Fsp3) is 0.400. The lowest BCUT2D eigenvalue weighted by Crippen LogP contribution is -2.29. The topological polar surface area (TPSA) is 114 Å². The zero-order chi connectivity index (χ0) is 12.5. The molecule has 0 saturated carbocycles. The van der Waals surface area contributed by atoms with E-state index in [0.717, 1.165) is 12.1 Å². The number of nitrogens with two attached hydrogens (primary N) is 1. The van der Waals surface area contributed by atoms with Crippen molar-refractivity contribution in [1.29, 1.82) is 0 Å². The summed E-state index contributed by atoms with van der Waals surface area (Å²) < 4.78 is 4.44. The van der Waals surface area contributed by atoms with E-state index in [1.54, 1.807) is 11.1 Å². The van der Waals surface area contributed by atoms with Crippen LogP contribution in [0.3, 0.4) is 0 Å². The number of rotatable bonds is 2. The zero-order valence-corrected chi connectivity index (χ0v) is 9.54. The number of anilines is 1. The SMILES string of the molecule is Nc1nonc1C(=O)N1CC[C@@H](c2ccn[nH]2)C1. The van der Waals surface area contributed by atoms with Gasteiger partial charge in [-0.3, -0.25) is 9.89 Å². The highest BCUT2D eigenvalue weighted by Gasteiger charge is 2.31. The molecule has 94 valence electrons. The van der Waals surface area contributed by atoms with Crippen molar-refractivity contribution in [1.82, 2.24) is 25.4 Å². The first-order valence-electron chi connectivity index (χ1n) is 5.62. The summed E-state index contributed by atoms with van der Waals surface area (Å²) in [4.78, 5) is 13.8.